The Kier molecular flexibility index (Phi) is 9.75. The van der Waals surface area contributed by atoms with E-state index in [1.807, 2.05) is 50.4 Å². The van der Waals surface area contributed by atoms with Crippen LogP contribution in [0, 0.1) is 12.8 Å². The summed E-state index contributed by atoms with van der Waals surface area (Å²) in [5, 5.41) is 10.1. The number of ether oxygens (including phenoxy) is 2. The number of fused-ring (bicyclic) bond motifs is 1. The van der Waals surface area contributed by atoms with E-state index in [1.165, 1.54) is 6.92 Å². The summed E-state index contributed by atoms with van der Waals surface area (Å²) in [6, 6.07) is 17.1. The maximum Gasteiger partial charge on any atom is 0.255 e. The normalized spacial score (nSPS) is 15.7. The lowest BCUT2D eigenvalue weighted by molar-refractivity contribution is -0.114. The molecule has 4 aromatic rings. The lowest BCUT2D eigenvalue weighted by Crippen LogP contribution is -2.37. The van der Waals surface area contributed by atoms with Crippen molar-refractivity contribution in [1.29, 1.82) is 0 Å². The largest absolute Gasteiger partial charge is 0.488 e. The third-order valence-corrected chi connectivity index (χ3v) is 8.58. The zero-order valence-electron chi connectivity index (χ0n) is 26.8. The van der Waals surface area contributed by atoms with E-state index in [0.29, 0.717) is 34.6 Å². The number of anilines is 3. The van der Waals surface area contributed by atoms with Gasteiger partial charge in [0.25, 0.3) is 5.91 Å². The molecule has 2 fully saturated rings. The molecule has 10 nitrogen and oxygen atoms in total. The predicted molar refractivity (Wildman–Crippen MR) is 182 cm³/mol. The molecule has 2 amide bonds. The number of nitrogens with one attached hydrogen (secondary N) is 3. The molecule has 0 unspecified atom stereocenters. The topological polar surface area (TPSA) is 118 Å². The minimum Gasteiger partial charge on any atom is -0.488 e. The highest BCUT2D eigenvalue weighted by atomic mass is 16.5. The Morgan fingerprint density at radius 1 is 1.04 bits per heavy atom. The second-order valence-corrected chi connectivity index (χ2v) is 12.2. The average Bonchev–Trinajstić information content (AvgIpc) is 3.91. The fourth-order valence-corrected chi connectivity index (χ4v) is 5.75. The third kappa shape index (κ3) is 7.99. The van der Waals surface area contributed by atoms with Crippen LogP contribution in [0.25, 0.3) is 22.0 Å². The smallest absolute Gasteiger partial charge is 0.255 e. The van der Waals surface area contributed by atoms with E-state index in [9.17, 15) is 9.59 Å². The molecule has 1 aliphatic heterocycles. The first-order chi connectivity index (χ1) is 22.3. The van der Waals surface area contributed by atoms with E-state index in [0.717, 1.165) is 86.2 Å². The number of carbonyl (C=O) groups is 2. The molecule has 240 valence electrons. The molecule has 6 rings (SSSR count). The fourth-order valence-electron chi connectivity index (χ4n) is 5.75. The van der Waals surface area contributed by atoms with Crippen molar-refractivity contribution < 1.29 is 19.1 Å². The van der Waals surface area contributed by atoms with Gasteiger partial charge in [-0.15, -0.1) is 0 Å². The van der Waals surface area contributed by atoms with Crippen LogP contribution in [0.5, 0.6) is 5.75 Å². The summed E-state index contributed by atoms with van der Waals surface area (Å²) in [6.07, 6.45) is 5.23. The lowest BCUT2D eigenvalue weighted by Gasteiger charge is -2.26. The number of amides is 2. The van der Waals surface area contributed by atoms with Gasteiger partial charge in [0.05, 0.1) is 30.5 Å². The Labute approximate surface area is 269 Å². The van der Waals surface area contributed by atoms with Crippen LogP contribution in [0.4, 0.5) is 17.3 Å². The van der Waals surface area contributed by atoms with Crippen molar-refractivity contribution in [2.24, 2.45) is 5.92 Å². The number of aryl methyl sites for hydroxylation is 1. The van der Waals surface area contributed by atoms with Crippen molar-refractivity contribution in [2.45, 2.75) is 46.1 Å². The number of hydrogen-bond acceptors (Lipinski definition) is 8. The van der Waals surface area contributed by atoms with Crippen LogP contribution < -0.4 is 20.7 Å². The minimum atomic E-state index is -0.247. The van der Waals surface area contributed by atoms with E-state index in [4.69, 9.17) is 14.5 Å². The number of benzene rings is 3. The summed E-state index contributed by atoms with van der Waals surface area (Å²) in [5.74, 6) is 1.31. The lowest BCUT2D eigenvalue weighted by atomic mass is 9.97. The molecule has 46 heavy (non-hydrogen) atoms. The first kappa shape index (κ1) is 31.4. The molecule has 1 saturated carbocycles. The van der Waals surface area contributed by atoms with E-state index < -0.39 is 0 Å². The second-order valence-electron chi connectivity index (χ2n) is 12.2. The van der Waals surface area contributed by atoms with Gasteiger partial charge in [-0.25, -0.2) is 9.97 Å². The Morgan fingerprint density at radius 2 is 1.87 bits per heavy atom. The molecular formula is C36H42N6O4. The average molecular weight is 623 g/mol. The van der Waals surface area contributed by atoms with E-state index in [1.54, 1.807) is 18.2 Å². The van der Waals surface area contributed by atoms with Crippen LogP contribution >= 0.6 is 0 Å². The van der Waals surface area contributed by atoms with Crippen molar-refractivity contribution in [1.82, 2.24) is 14.9 Å². The first-order valence-electron chi connectivity index (χ1n) is 16.1. The van der Waals surface area contributed by atoms with Gasteiger partial charge in [0.15, 0.2) is 0 Å². The molecule has 0 radical (unpaired) electrons. The van der Waals surface area contributed by atoms with Crippen molar-refractivity contribution in [2.75, 3.05) is 55.3 Å². The summed E-state index contributed by atoms with van der Waals surface area (Å²) < 4.78 is 11.5. The Hall–Kier alpha value is -4.54. The number of nitrogens with zero attached hydrogens (tertiary/aromatic N) is 3. The predicted octanol–water partition coefficient (Wildman–Crippen LogP) is 6.13. The van der Waals surface area contributed by atoms with Crippen LogP contribution in [0.15, 0.2) is 60.8 Å². The summed E-state index contributed by atoms with van der Waals surface area (Å²) in [6.45, 7) is 11.0. The molecule has 1 aliphatic carbocycles. The maximum absolute atomic E-state index is 13.4. The van der Waals surface area contributed by atoms with Gasteiger partial charge in [-0.1, -0.05) is 12.1 Å². The Morgan fingerprint density at radius 3 is 2.65 bits per heavy atom. The Balaban J connectivity index is 1.12. The van der Waals surface area contributed by atoms with E-state index in [-0.39, 0.29) is 17.9 Å². The number of morpholine rings is 1. The standard InChI is InChI=1S/C36H42N6O4/c1-23-5-6-28(35(44)40-30-10-12-34(33(21-30)39-25(3)43)46-24(2)26-7-8-26)20-31(23)27-9-11-32-29(19-27)22-38-36(41-32)37-13-4-14-42-15-17-45-18-16-42/h5-6,9-12,19-22,24,26H,4,7-8,13-18H2,1-3H3,(H,39,43)(H,40,44)(H,37,38,41)/t24-/m1/s1. The van der Waals surface area contributed by atoms with Crippen molar-refractivity contribution in [3.8, 4) is 16.9 Å². The number of rotatable bonds is 12. The van der Waals surface area contributed by atoms with Gasteiger partial charge in [0, 0.05) is 49.4 Å². The highest BCUT2D eigenvalue weighted by Gasteiger charge is 2.30. The molecule has 1 atom stereocenters. The van der Waals surface area contributed by atoms with Crippen LogP contribution in [0.1, 0.15) is 49.0 Å². The van der Waals surface area contributed by atoms with Gasteiger partial charge in [-0.05, 0) is 105 Å². The van der Waals surface area contributed by atoms with Gasteiger partial charge in [0.2, 0.25) is 11.9 Å². The van der Waals surface area contributed by atoms with Gasteiger partial charge < -0.3 is 25.4 Å². The quantitative estimate of drug-likeness (QED) is 0.162. The summed E-state index contributed by atoms with van der Waals surface area (Å²) >= 11 is 0. The SMILES string of the molecule is CC(=O)Nc1cc(NC(=O)c2ccc(C)c(-c3ccc4nc(NCCCN5CCOCC5)ncc4c3)c2)ccc1O[C@H](C)C1CC1. The minimum absolute atomic E-state index is 0.0649. The molecule has 1 aromatic heterocycles. The first-order valence-corrected chi connectivity index (χ1v) is 16.1. The highest BCUT2D eigenvalue weighted by molar-refractivity contribution is 6.06. The van der Waals surface area contributed by atoms with Crippen LogP contribution in [-0.4, -0.2) is 72.2 Å². The molecule has 10 heteroatoms. The molecule has 2 aliphatic rings. The fraction of sp³-hybridized carbons (Fsp3) is 0.389. The maximum atomic E-state index is 13.4. The zero-order valence-corrected chi connectivity index (χ0v) is 26.8. The number of hydrogen-bond donors (Lipinski definition) is 3. The second kappa shape index (κ2) is 14.3. The summed E-state index contributed by atoms with van der Waals surface area (Å²) in [4.78, 5) is 37.0. The van der Waals surface area contributed by atoms with Gasteiger partial charge in [0.1, 0.15) is 5.75 Å². The molecular weight excluding hydrogens is 580 g/mol. The van der Waals surface area contributed by atoms with Crippen LogP contribution in [0.2, 0.25) is 0 Å². The molecule has 3 aromatic carbocycles. The Bertz CT molecular complexity index is 1720. The van der Waals surface area contributed by atoms with Gasteiger partial charge >= 0.3 is 0 Å². The van der Waals surface area contributed by atoms with E-state index >= 15 is 0 Å². The van der Waals surface area contributed by atoms with Crippen LogP contribution in [0.3, 0.4) is 0 Å². The molecule has 0 bridgehead atoms. The van der Waals surface area contributed by atoms with Gasteiger partial charge in [-0.3, -0.25) is 14.5 Å². The molecule has 0 spiro atoms. The molecule has 2 heterocycles. The number of aromatic nitrogens is 2. The molecule has 3 N–H and O–H groups in total. The summed E-state index contributed by atoms with van der Waals surface area (Å²) in [7, 11) is 0. The zero-order chi connectivity index (χ0) is 32.0. The monoisotopic (exact) mass is 622 g/mol. The van der Waals surface area contributed by atoms with Crippen molar-refractivity contribution in [3.63, 3.8) is 0 Å². The van der Waals surface area contributed by atoms with Crippen molar-refractivity contribution >= 4 is 40.0 Å². The van der Waals surface area contributed by atoms with Crippen LogP contribution in [-0.2, 0) is 9.53 Å². The molecule has 1 saturated heterocycles. The van der Waals surface area contributed by atoms with Crippen molar-refractivity contribution in [3.05, 3.63) is 71.9 Å². The third-order valence-electron chi connectivity index (χ3n) is 8.58. The van der Waals surface area contributed by atoms with Gasteiger partial charge in [-0.2, -0.15) is 0 Å². The highest BCUT2D eigenvalue weighted by Crippen LogP contribution is 2.37. The summed E-state index contributed by atoms with van der Waals surface area (Å²) in [5.41, 5.74) is 5.47. The van der Waals surface area contributed by atoms with E-state index in [2.05, 4.69) is 31.9 Å². The number of carbonyl (C=O) groups excluding carboxylic acids is 2.